The lowest BCUT2D eigenvalue weighted by molar-refractivity contribution is 0.105. The Bertz CT molecular complexity index is 431. The summed E-state index contributed by atoms with van der Waals surface area (Å²) in [7, 11) is 0. The van der Waals surface area contributed by atoms with Crippen LogP contribution in [0.4, 0.5) is 0 Å². The lowest BCUT2D eigenvalue weighted by Gasteiger charge is -2.34. The van der Waals surface area contributed by atoms with Crippen LogP contribution in [0.1, 0.15) is 38.4 Å². The summed E-state index contributed by atoms with van der Waals surface area (Å²) in [5.41, 5.74) is 0.959. The summed E-state index contributed by atoms with van der Waals surface area (Å²) in [4.78, 5) is 4.92. The number of nitrogens with zero attached hydrogens (tertiary/aromatic N) is 2. The Hall–Kier alpha value is -1.10. The standard InChI is InChI=1S/C18H30N2O2/c1-3-14-22-17-7-5-6-16(15-17)18(21)8-9-20-12-10-19(4-2)11-13-20/h5-7,15,18,21H,3-4,8-14H2,1-2H3. The van der Waals surface area contributed by atoms with Gasteiger partial charge in [-0.15, -0.1) is 0 Å². The van der Waals surface area contributed by atoms with Gasteiger partial charge >= 0.3 is 0 Å². The average Bonchev–Trinajstić information content (AvgIpc) is 2.58. The molecule has 0 radical (unpaired) electrons. The van der Waals surface area contributed by atoms with Gasteiger partial charge in [0.2, 0.25) is 0 Å². The molecule has 1 saturated heterocycles. The van der Waals surface area contributed by atoms with E-state index in [2.05, 4.69) is 23.6 Å². The van der Waals surface area contributed by atoms with E-state index in [0.29, 0.717) is 0 Å². The summed E-state index contributed by atoms with van der Waals surface area (Å²) in [5.74, 6) is 0.856. The van der Waals surface area contributed by atoms with Crippen molar-refractivity contribution in [1.82, 2.24) is 9.80 Å². The van der Waals surface area contributed by atoms with Crippen molar-refractivity contribution in [3.8, 4) is 5.75 Å². The monoisotopic (exact) mass is 306 g/mol. The molecule has 0 spiro atoms. The smallest absolute Gasteiger partial charge is 0.119 e. The van der Waals surface area contributed by atoms with Crippen LogP contribution in [-0.4, -0.2) is 60.8 Å². The van der Waals surface area contributed by atoms with E-state index in [9.17, 15) is 5.11 Å². The predicted octanol–water partition coefficient (Wildman–Crippen LogP) is 2.54. The molecule has 0 bridgehead atoms. The Labute approximate surface area is 134 Å². The second-order valence-corrected chi connectivity index (χ2v) is 6.00. The lowest BCUT2D eigenvalue weighted by atomic mass is 10.1. The van der Waals surface area contributed by atoms with Crippen LogP contribution in [-0.2, 0) is 0 Å². The van der Waals surface area contributed by atoms with Crippen LogP contribution in [0.15, 0.2) is 24.3 Å². The summed E-state index contributed by atoms with van der Waals surface area (Å²) in [6.07, 6.45) is 1.37. The van der Waals surface area contributed by atoms with E-state index in [1.807, 2.05) is 24.3 Å². The first-order chi connectivity index (χ1) is 10.7. The number of benzene rings is 1. The molecular formula is C18H30N2O2. The van der Waals surface area contributed by atoms with Crippen molar-refractivity contribution >= 4 is 0 Å². The maximum absolute atomic E-state index is 10.4. The minimum absolute atomic E-state index is 0.408. The van der Waals surface area contributed by atoms with Gasteiger partial charge in [0, 0.05) is 32.7 Å². The van der Waals surface area contributed by atoms with Gasteiger partial charge in [-0.3, -0.25) is 0 Å². The van der Waals surface area contributed by atoms with Crippen molar-refractivity contribution in [2.75, 3.05) is 45.9 Å². The molecule has 2 rings (SSSR count). The van der Waals surface area contributed by atoms with Crippen molar-refractivity contribution in [1.29, 1.82) is 0 Å². The molecule has 0 amide bonds. The molecule has 1 aromatic rings. The third kappa shape index (κ3) is 5.27. The fourth-order valence-electron chi connectivity index (χ4n) is 2.83. The second-order valence-electron chi connectivity index (χ2n) is 6.00. The number of hydrogen-bond donors (Lipinski definition) is 1. The Balaban J connectivity index is 1.78. The molecule has 1 fully saturated rings. The fourth-order valence-corrected chi connectivity index (χ4v) is 2.83. The predicted molar refractivity (Wildman–Crippen MR) is 90.4 cm³/mol. The average molecular weight is 306 g/mol. The molecule has 0 aliphatic carbocycles. The van der Waals surface area contributed by atoms with Gasteiger partial charge in [0.25, 0.3) is 0 Å². The molecule has 1 aliphatic heterocycles. The second kappa shape index (κ2) is 9.13. The van der Waals surface area contributed by atoms with Gasteiger partial charge in [-0.1, -0.05) is 26.0 Å². The molecule has 1 atom stereocenters. The molecule has 1 aromatic carbocycles. The van der Waals surface area contributed by atoms with Gasteiger partial charge in [0.15, 0.2) is 0 Å². The van der Waals surface area contributed by atoms with Gasteiger partial charge in [0.1, 0.15) is 5.75 Å². The van der Waals surface area contributed by atoms with E-state index in [4.69, 9.17) is 4.74 Å². The number of aliphatic hydroxyl groups excluding tert-OH is 1. The Kier molecular flexibility index (Phi) is 7.16. The third-order valence-corrected chi connectivity index (χ3v) is 4.35. The molecule has 124 valence electrons. The van der Waals surface area contributed by atoms with E-state index < -0.39 is 6.10 Å². The van der Waals surface area contributed by atoms with Crippen LogP contribution >= 0.6 is 0 Å². The van der Waals surface area contributed by atoms with Crippen molar-refractivity contribution < 1.29 is 9.84 Å². The number of likely N-dealkylation sites (N-methyl/N-ethyl adjacent to an activating group) is 1. The van der Waals surface area contributed by atoms with Crippen LogP contribution in [0.25, 0.3) is 0 Å². The summed E-state index contributed by atoms with van der Waals surface area (Å²) >= 11 is 0. The summed E-state index contributed by atoms with van der Waals surface area (Å²) in [6.45, 7) is 11.6. The van der Waals surface area contributed by atoms with Gasteiger partial charge in [-0.05, 0) is 37.1 Å². The molecule has 22 heavy (non-hydrogen) atoms. The van der Waals surface area contributed by atoms with Gasteiger partial charge in [0.05, 0.1) is 12.7 Å². The van der Waals surface area contributed by atoms with E-state index in [0.717, 1.165) is 70.0 Å². The fraction of sp³-hybridized carbons (Fsp3) is 0.667. The zero-order valence-electron chi connectivity index (χ0n) is 14.0. The van der Waals surface area contributed by atoms with Crippen LogP contribution < -0.4 is 4.74 Å². The minimum atomic E-state index is -0.408. The number of rotatable bonds is 8. The highest BCUT2D eigenvalue weighted by Crippen LogP contribution is 2.22. The Morgan fingerprint density at radius 3 is 2.55 bits per heavy atom. The van der Waals surface area contributed by atoms with E-state index in [-0.39, 0.29) is 0 Å². The molecule has 4 nitrogen and oxygen atoms in total. The lowest BCUT2D eigenvalue weighted by Crippen LogP contribution is -2.46. The first kappa shape index (κ1) is 17.3. The van der Waals surface area contributed by atoms with Gasteiger partial charge in [-0.25, -0.2) is 0 Å². The molecule has 0 aromatic heterocycles. The van der Waals surface area contributed by atoms with Crippen molar-refractivity contribution in [2.45, 2.75) is 32.8 Å². The normalized spacial score (nSPS) is 18.3. The zero-order chi connectivity index (χ0) is 15.8. The molecule has 1 N–H and O–H groups in total. The molecule has 1 aliphatic rings. The summed E-state index contributed by atoms with van der Waals surface area (Å²) in [6, 6.07) is 7.87. The van der Waals surface area contributed by atoms with Crippen LogP contribution in [0.3, 0.4) is 0 Å². The Morgan fingerprint density at radius 1 is 1.14 bits per heavy atom. The highest BCUT2D eigenvalue weighted by molar-refractivity contribution is 5.29. The van der Waals surface area contributed by atoms with Crippen molar-refractivity contribution in [2.24, 2.45) is 0 Å². The SMILES string of the molecule is CCCOc1cccc(C(O)CCN2CCN(CC)CC2)c1. The largest absolute Gasteiger partial charge is 0.494 e. The Morgan fingerprint density at radius 2 is 1.86 bits per heavy atom. The van der Waals surface area contributed by atoms with Gasteiger partial charge < -0.3 is 19.6 Å². The third-order valence-electron chi connectivity index (χ3n) is 4.35. The van der Waals surface area contributed by atoms with Crippen LogP contribution in [0.5, 0.6) is 5.75 Å². The molecular weight excluding hydrogens is 276 g/mol. The zero-order valence-corrected chi connectivity index (χ0v) is 14.0. The summed E-state index contributed by atoms with van der Waals surface area (Å²) in [5, 5.41) is 10.4. The van der Waals surface area contributed by atoms with E-state index in [1.165, 1.54) is 0 Å². The highest BCUT2D eigenvalue weighted by Gasteiger charge is 2.17. The number of ether oxygens (including phenoxy) is 1. The van der Waals surface area contributed by atoms with Crippen LogP contribution in [0.2, 0.25) is 0 Å². The molecule has 4 heteroatoms. The topological polar surface area (TPSA) is 35.9 Å². The highest BCUT2D eigenvalue weighted by atomic mass is 16.5. The first-order valence-electron chi connectivity index (χ1n) is 8.58. The molecule has 0 saturated carbocycles. The van der Waals surface area contributed by atoms with Crippen molar-refractivity contribution in [3.63, 3.8) is 0 Å². The van der Waals surface area contributed by atoms with Crippen LogP contribution in [0, 0.1) is 0 Å². The van der Waals surface area contributed by atoms with Crippen molar-refractivity contribution in [3.05, 3.63) is 29.8 Å². The number of aliphatic hydroxyl groups is 1. The first-order valence-corrected chi connectivity index (χ1v) is 8.58. The maximum Gasteiger partial charge on any atom is 0.119 e. The minimum Gasteiger partial charge on any atom is -0.494 e. The number of piperazine rings is 1. The summed E-state index contributed by atoms with van der Waals surface area (Å²) < 4.78 is 5.64. The van der Waals surface area contributed by atoms with E-state index in [1.54, 1.807) is 0 Å². The number of hydrogen-bond acceptors (Lipinski definition) is 4. The molecule has 1 unspecified atom stereocenters. The maximum atomic E-state index is 10.4. The van der Waals surface area contributed by atoms with E-state index >= 15 is 0 Å². The molecule has 1 heterocycles. The quantitative estimate of drug-likeness (QED) is 0.801. The van der Waals surface area contributed by atoms with Gasteiger partial charge in [-0.2, -0.15) is 0 Å².